The van der Waals surface area contributed by atoms with Crippen LogP contribution in [-0.4, -0.2) is 17.7 Å². The van der Waals surface area contributed by atoms with Crippen LogP contribution in [-0.2, 0) is 9.59 Å². The van der Waals surface area contributed by atoms with Crippen LogP contribution in [0.25, 0.3) is 0 Å². The number of fused-ring (bicyclic) bond motifs is 1. The van der Waals surface area contributed by atoms with Crippen molar-refractivity contribution in [3.63, 3.8) is 0 Å². The third kappa shape index (κ3) is 3.30. The maximum absolute atomic E-state index is 13.0. The fraction of sp³-hybridized carbons (Fsp3) is 0.318. The average Bonchev–Trinajstić information content (AvgIpc) is 2.93. The number of halogens is 1. The van der Waals surface area contributed by atoms with Gasteiger partial charge in [0.05, 0.1) is 17.5 Å². The lowest BCUT2D eigenvalue weighted by molar-refractivity contribution is -0.122. The van der Waals surface area contributed by atoms with Gasteiger partial charge >= 0.3 is 0 Å². The summed E-state index contributed by atoms with van der Waals surface area (Å²) in [6, 6.07) is 11.9. The molecule has 1 aliphatic carbocycles. The largest absolute Gasteiger partial charge is 0.322 e. The van der Waals surface area contributed by atoms with Gasteiger partial charge in [0.15, 0.2) is 0 Å². The van der Waals surface area contributed by atoms with E-state index in [1.54, 1.807) is 24.3 Å². The lowest BCUT2D eigenvalue weighted by atomic mass is 9.76. The summed E-state index contributed by atoms with van der Waals surface area (Å²) in [6.07, 6.45) is 2.42. The molecular formula is C22H21FN2O3. The van der Waals surface area contributed by atoms with Gasteiger partial charge in [-0.2, -0.15) is 0 Å². The van der Waals surface area contributed by atoms with Crippen molar-refractivity contribution in [1.82, 2.24) is 0 Å². The zero-order valence-electron chi connectivity index (χ0n) is 15.5. The molecule has 1 heterocycles. The lowest BCUT2D eigenvalue weighted by Gasteiger charge is -2.25. The molecule has 1 N–H and O–H groups in total. The Bertz CT molecular complexity index is 941. The fourth-order valence-corrected chi connectivity index (χ4v) is 4.17. The smallest absolute Gasteiger partial charge is 0.255 e. The highest BCUT2D eigenvalue weighted by atomic mass is 19.1. The van der Waals surface area contributed by atoms with E-state index >= 15 is 0 Å². The third-order valence-corrected chi connectivity index (χ3v) is 5.66. The molecule has 5 nitrogen and oxygen atoms in total. The van der Waals surface area contributed by atoms with Crippen molar-refractivity contribution in [3.05, 3.63) is 59.9 Å². The summed E-state index contributed by atoms with van der Waals surface area (Å²) in [7, 11) is 0. The van der Waals surface area contributed by atoms with Crippen molar-refractivity contribution >= 4 is 29.1 Å². The van der Waals surface area contributed by atoms with Crippen molar-refractivity contribution in [2.45, 2.75) is 26.2 Å². The highest BCUT2D eigenvalue weighted by Gasteiger charge is 2.50. The Morgan fingerprint density at radius 2 is 1.75 bits per heavy atom. The van der Waals surface area contributed by atoms with Crippen LogP contribution >= 0.6 is 0 Å². The summed E-state index contributed by atoms with van der Waals surface area (Å²) in [5.74, 6) is -1.19. The molecule has 144 valence electrons. The number of anilines is 2. The molecule has 1 saturated heterocycles. The molecule has 2 aromatic rings. The standard InChI is InChI=1S/C22H21FN2O3/c1-13-5-10-18-19(11-13)22(28)25(21(18)27)17-4-2-3-14(12-17)20(26)24-16-8-6-15(23)7-9-16/h2-4,6-9,12-13,18-19H,5,10-11H2,1H3,(H,24,26)/t13-,18-,19+/m1/s1. The third-order valence-electron chi connectivity index (χ3n) is 5.66. The van der Waals surface area contributed by atoms with Gasteiger partial charge in [0.1, 0.15) is 5.82 Å². The lowest BCUT2D eigenvalue weighted by Crippen LogP contribution is -2.31. The number of imide groups is 1. The highest BCUT2D eigenvalue weighted by Crippen LogP contribution is 2.42. The van der Waals surface area contributed by atoms with Crippen LogP contribution in [0.2, 0.25) is 0 Å². The van der Waals surface area contributed by atoms with Crippen LogP contribution in [0.5, 0.6) is 0 Å². The van der Waals surface area contributed by atoms with Gasteiger partial charge in [-0.15, -0.1) is 0 Å². The van der Waals surface area contributed by atoms with E-state index in [1.807, 2.05) is 0 Å². The number of nitrogens with zero attached hydrogens (tertiary/aromatic N) is 1. The number of nitrogens with one attached hydrogen (secondary N) is 1. The number of hydrogen-bond donors (Lipinski definition) is 1. The molecule has 4 rings (SSSR count). The van der Waals surface area contributed by atoms with E-state index in [0.717, 1.165) is 19.3 Å². The van der Waals surface area contributed by atoms with Gasteiger partial charge < -0.3 is 5.32 Å². The van der Waals surface area contributed by atoms with E-state index in [-0.39, 0.29) is 29.5 Å². The first-order valence-corrected chi connectivity index (χ1v) is 9.49. The summed E-state index contributed by atoms with van der Waals surface area (Å²) in [5, 5.41) is 2.69. The van der Waals surface area contributed by atoms with Crippen LogP contribution in [0.4, 0.5) is 15.8 Å². The maximum atomic E-state index is 13.0. The number of benzene rings is 2. The number of rotatable bonds is 3. The molecule has 0 unspecified atom stereocenters. The van der Waals surface area contributed by atoms with Gasteiger partial charge in [0.25, 0.3) is 5.91 Å². The first-order valence-electron chi connectivity index (χ1n) is 9.49. The highest BCUT2D eigenvalue weighted by molar-refractivity contribution is 6.22. The van der Waals surface area contributed by atoms with Crippen molar-refractivity contribution in [2.75, 3.05) is 10.2 Å². The van der Waals surface area contributed by atoms with E-state index in [2.05, 4.69) is 12.2 Å². The van der Waals surface area contributed by atoms with E-state index in [4.69, 9.17) is 0 Å². The van der Waals surface area contributed by atoms with Crippen molar-refractivity contribution in [3.8, 4) is 0 Å². The SMILES string of the molecule is C[C@@H]1CC[C@H]2C(=O)N(c3cccc(C(=O)Nc4ccc(F)cc4)c3)C(=O)[C@H]2C1. The topological polar surface area (TPSA) is 66.5 Å². The summed E-state index contributed by atoms with van der Waals surface area (Å²) in [5.41, 5.74) is 1.21. The van der Waals surface area contributed by atoms with E-state index < -0.39 is 5.91 Å². The first-order chi connectivity index (χ1) is 13.4. The summed E-state index contributed by atoms with van der Waals surface area (Å²) in [4.78, 5) is 39.5. The second kappa shape index (κ2) is 7.19. The molecular weight excluding hydrogens is 359 g/mol. The molecule has 28 heavy (non-hydrogen) atoms. The summed E-state index contributed by atoms with van der Waals surface area (Å²) >= 11 is 0. The van der Waals surface area contributed by atoms with Gasteiger partial charge in [-0.1, -0.05) is 13.0 Å². The minimum absolute atomic E-state index is 0.169. The normalized spacial score (nSPS) is 24.2. The van der Waals surface area contributed by atoms with Crippen LogP contribution < -0.4 is 10.2 Å². The number of carbonyl (C=O) groups is 3. The molecule has 0 spiro atoms. The van der Waals surface area contributed by atoms with Crippen LogP contribution in [0.3, 0.4) is 0 Å². The van der Waals surface area contributed by atoms with Crippen molar-refractivity contribution < 1.29 is 18.8 Å². The molecule has 2 fully saturated rings. The molecule has 2 aliphatic rings. The van der Waals surface area contributed by atoms with Crippen LogP contribution in [0.15, 0.2) is 48.5 Å². The number of hydrogen-bond acceptors (Lipinski definition) is 3. The van der Waals surface area contributed by atoms with Crippen LogP contribution in [0.1, 0.15) is 36.5 Å². The summed E-state index contributed by atoms with van der Waals surface area (Å²) < 4.78 is 13.0. The minimum Gasteiger partial charge on any atom is -0.322 e. The first kappa shape index (κ1) is 18.3. The predicted molar refractivity (Wildman–Crippen MR) is 103 cm³/mol. The maximum Gasteiger partial charge on any atom is 0.255 e. The Hall–Kier alpha value is -3.02. The zero-order chi connectivity index (χ0) is 19.8. The Balaban J connectivity index is 1.56. The van der Waals surface area contributed by atoms with E-state index in [9.17, 15) is 18.8 Å². The Labute approximate surface area is 162 Å². The average molecular weight is 380 g/mol. The molecule has 0 aromatic heterocycles. The molecule has 0 radical (unpaired) electrons. The zero-order valence-corrected chi connectivity index (χ0v) is 15.5. The number of amides is 3. The van der Waals surface area contributed by atoms with Crippen LogP contribution in [0, 0.1) is 23.6 Å². The monoisotopic (exact) mass is 380 g/mol. The van der Waals surface area contributed by atoms with Crippen molar-refractivity contribution in [2.24, 2.45) is 17.8 Å². The fourth-order valence-electron chi connectivity index (χ4n) is 4.17. The summed E-state index contributed by atoms with van der Waals surface area (Å²) in [6.45, 7) is 2.11. The molecule has 1 aliphatic heterocycles. The van der Waals surface area contributed by atoms with Gasteiger partial charge in [0.2, 0.25) is 11.8 Å². The Kier molecular flexibility index (Phi) is 4.71. The van der Waals surface area contributed by atoms with Crippen molar-refractivity contribution in [1.29, 1.82) is 0 Å². The predicted octanol–water partition coefficient (Wildman–Crippen LogP) is 4.00. The van der Waals surface area contributed by atoms with Gasteiger partial charge in [-0.05, 0) is 67.6 Å². The second-order valence-electron chi connectivity index (χ2n) is 7.65. The molecule has 6 heteroatoms. The minimum atomic E-state index is -0.390. The van der Waals surface area contributed by atoms with E-state index in [1.165, 1.54) is 29.2 Å². The quantitative estimate of drug-likeness (QED) is 0.819. The van der Waals surface area contributed by atoms with Gasteiger partial charge in [-0.3, -0.25) is 19.3 Å². The Morgan fingerprint density at radius 3 is 2.50 bits per heavy atom. The van der Waals surface area contributed by atoms with Gasteiger partial charge in [-0.25, -0.2) is 4.39 Å². The van der Waals surface area contributed by atoms with Gasteiger partial charge in [0, 0.05) is 11.3 Å². The second-order valence-corrected chi connectivity index (χ2v) is 7.65. The Morgan fingerprint density at radius 1 is 1.04 bits per heavy atom. The molecule has 3 atom stereocenters. The number of carbonyl (C=O) groups excluding carboxylic acids is 3. The molecule has 0 bridgehead atoms. The molecule has 1 saturated carbocycles. The molecule has 3 amide bonds. The van der Waals surface area contributed by atoms with E-state index in [0.29, 0.717) is 22.9 Å². The molecule has 2 aromatic carbocycles.